The zero-order valence-corrected chi connectivity index (χ0v) is 7.77. The van der Waals surface area contributed by atoms with Crippen molar-refractivity contribution < 1.29 is 19.1 Å². The Kier molecular flexibility index (Phi) is 1.60. The van der Waals surface area contributed by atoms with Crippen LogP contribution in [-0.4, -0.2) is 24.1 Å². The Morgan fingerprint density at radius 3 is 1.43 bits per heavy atom. The predicted octanol–water partition coefficient (Wildman–Crippen LogP) is 0.644. The van der Waals surface area contributed by atoms with Gasteiger partial charge < -0.3 is 9.47 Å². The van der Waals surface area contributed by atoms with Gasteiger partial charge in [0.05, 0.1) is 0 Å². The van der Waals surface area contributed by atoms with Crippen LogP contribution in [0.4, 0.5) is 0 Å². The second-order valence-corrected chi connectivity index (χ2v) is 4.39. The Morgan fingerprint density at radius 2 is 1.14 bits per heavy atom. The molecule has 0 amide bonds. The van der Waals surface area contributed by atoms with Crippen molar-refractivity contribution in [3.63, 3.8) is 0 Å². The fourth-order valence-electron chi connectivity index (χ4n) is 1.86. The van der Waals surface area contributed by atoms with Gasteiger partial charge in [-0.15, -0.1) is 0 Å². The van der Waals surface area contributed by atoms with Gasteiger partial charge in [0.15, 0.2) is 0 Å². The van der Waals surface area contributed by atoms with E-state index in [2.05, 4.69) is 0 Å². The first-order chi connectivity index (χ1) is 6.75. The highest BCUT2D eigenvalue weighted by Gasteiger charge is 2.50. The van der Waals surface area contributed by atoms with Gasteiger partial charge in [0, 0.05) is 11.8 Å². The largest absolute Gasteiger partial charge is 0.447 e. The first kappa shape index (κ1) is 8.26. The van der Waals surface area contributed by atoms with Gasteiger partial charge in [-0.05, 0) is 25.7 Å². The minimum Gasteiger partial charge on any atom is -0.447 e. The topological polar surface area (TPSA) is 52.6 Å². The number of esters is 2. The van der Waals surface area contributed by atoms with Crippen LogP contribution in [0.25, 0.3) is 0 Å². The number of carbonyl (C=O) groups excluding carboxylic acids is 2. The van der Waals surface area contributed by atoms with Crippen molar-refractivity contribution in [2.75, 3.05) is 0 Å². The number of hydrogen-bond donors (Lipinski definition) is 0. The number of hydrogen-bond acceptors (Lipinski definition) is 4. The second kappa shape index (κ2) is 2.72. The quantitative estimate of drug-likeness (QED) is 0.608. The minimum atomic E-state index is -0.600. The molecule has 14 heavy (non-hydrogen) atoms. The summed E-state index contributed by atoms with van der Waals surface area (Å²) in [6.45, 7) is 0. The van der Waals surface area contributed by atoms with E-state index in [1.165, 1.54) is 0 Å². The normalized spacial score (nSPS) is 37.7. The lowest BCUT2D eigenvalue weighted by Crippen LogP contribution is -2.45. The van der Waals surface area contributed by atoms with Crippen LogP contribution >= 0.6 is 0 Å². The smallest absolute Gasteiger partial charge is 0.348 e. The maximum atomic E-state index is 11.5. The summed E-state index contributed by atoms with van der Waals surface area (Å²) in [5.74, 6) is -0.203. The molecule has 0 aromatic rings. The highest BCUT2D eigenvalue weighted by Crippen LogP contribution is 2.41. The standard InChI is InChI=1S/C10H12O4/c11-9-7(5-1-2-5)13-10(12)8(14-9)6-3-4-6/h5-8H,1-4H2. The molecular weight excluding hydrogens is 184 g/mol. The van der Waals surface area contributed by atoms with Gasteiger partial charge in [0.1, 0.15) is 0 Å². The molecule has 0 N–H and O–H groups in total. The zero-order chi connectivity index (χ0) is 9.71. The Balaban J connectivity index is 1.71. The lowest BCUT2D eigenvalue weighted by atomic mass is 10.1. The second-order valence-electron chi connectivity index (χ2n) is 4.39. The monoisotopic (exact) mass is 196 g/mol. The molecule has 0 radical (unpaired) electrons. The van der Waals surface area contributed by atoms with Gasteiger partial charge in [-0.25, -0.2) is 9.59 Å². The van der Waals surface area contributed by atoms with Gasteiger partial charge in [0.25, 0.3) is 0 Å². The minimum absolute atomic E-state index is 0.228. The van der Waals surface area contributed by atoms with E-state index in [9.17, 15) is 9.59 Å². The Labute approximate surface area is 81.6 Å². The van der Waals surface area contributed by atoms with Gasteiger partial charge in [-0.2, -0.15) is 0 Å². The van der Waals surface area contributed by atoms with Crippen molar-refractivity contribution in [1.82, 2.24) is 0 Å². The van der Waals surface area contributed by atoms with E-state index >= 15 is 0 Å². The summed E-state index contributed by atoms with van der Waals surface area (Å²) in [7, 11) is 0. The van der Waals surface area contributed by atoms with E-state index in [0.29, 0.717) is 0 Å². The summed E-state index contributed by atoms with van der Waals surface area (Å²) in [6, 6.07) is 0. The molecule has 0 bridgehead atoms. The summed E-state index contributed by atoms with van der Waals surface area (Å²) in [6.07, 6.45) is 2.69. The van der Waals surface area contributed by atoms with E-state index in [1.54, 1.807) is 0 Å². The summed E-state index contributed by atoms with van der Waals surface area (Å²) >= 11 is 0. The lowest BCUT2D eigenvalue weighted by Gasteiger charge is -2.27. The average molecular weight is 196 g/mol. The molecule has 2 aliphatic carbocycles. The molecule has 0 aromatic carbocycles. The molecule has 3 rings (SSSR count). The molecule has 1 aliphatic heterocycles. The fourth-order valence-corrected chi connectivity index (χ4v) is 1.86. The van der Waals surface area contributed by atoms with Crippen LogP contribution in [0.5, 0.6) is 0 Å². The number of cyclic esters (lactones) is 2. The van der Waals surface area contributed by atoms with Crippen molar-refractivity contribution in [2.24, 2.45) is 11.8 Å². The molecule has 3 fully saturated rings. The van der Waals surface area contributed by atoms with E-state index in [-0.39, 0.29) is 23.8 Å². The van der Waals surface area contributed by atoms with Crippen LogP contribution < -0.4 is 0 Å². The summed E-state index contributed by atoms with van der Waals surface area (Å²) in [5.41, 5.74) is 0. The number of carbonyl (C=O) groups is 2. The van der Waals surface area contributed by atoms with Crippen molar-refractivity contribution >= 4 is 11.9 Å². The molecule has 3 aliphatic rings. The van der Waals surface area contributed by atoms with E-state index in [0.717, 1.165) is 25.7 Å². The molecule has 2 unspecified atom stereocenters. The molecule has 2 atom stereocenters. The third-order valence-electron chi connectivity index (χ3n) is 3.05. The van der Waals surface area contributed by atoms with Crippen molar-refractivity contribution in [2.45, 2.75) is 37.9 Å². The molecule has 76 valence electrons. The Hall–Kier alpha value is -1.06. The molecule has 2 saturated carbocycles. The van der Waals surface area contributed by atoms with Crippen LogP contribution in [0.1, 0.15) is 25.7 Å². The Bertz CT molecular complexity index is 260. The number of ether oxygens (including phenoxy) is 2. The average Bonchev–Trinajstić information content (AvgIpc) is 3.03. The van der Waals surface area contributed by atoms with Crippen LogP contribution in [0.15, 0.2) is 0 Å². The summed E-state index contributed by atoms with van der Waals surface area (Å²) < 4.78 is 10.2. The van der Waals surface area contributed by atoms with E-state index < -0.39 is 12.2 Å². The third kappa shape index (κ3) is 1.29. The molecule has 1 heterocycles. The summed E-state index contributed by atoms with van der Waals surface area (Å²) in [4.78, 5) is 22.9. The van der Waals surface area contributed by atoms with E-state index in [4.69, 9.17) is 9.47 Å². The highest BCUT2D eigenvalue weighted by molar-refractivity contribution is 5.88. The van der Waals surface area contributed by atoms with Gasteiger partial charge in [-0.1, -0.05) is 0 Å². The third-order valence-corrected chi connectivity index (χ3v) is 3.05. The van der Waals surface area contributed by atoms with Crippen LogP contribution in [-0.2, 0) is 19.1 Å². The maximum Gasteiger partial charge on any atom is 0.348 e. The molecule has 1 saturated heterocycles. The molecule has 4 nitrogen and oxygen atoms in total. The summed E-state index contributed by atoms with van der Waals surface area (Å²) in [5, 5.41) is 0. The maximum absolute atomic E-state index is 11.5. The molecule has 0 aromatic heterocycles. The molecular formula is C10H12O4. The van der Waals surface area contributed by atoms with Crippen LogP contribution in [0.3, 0.4) is 0 Å². The van der Waals surface area contributed by atoms with Gasteiger partial charge in [0.2, 0.25) is 12.2 Å². The number of rotatable bonds is 2. The van der Waals surface area contributed by atoms with Crippen molar-refractivity contribution in [3.05, 3.63) is 0 Å². The van der Waals surface area contributed by atoms with Crippen LogP contribution in [0, 0.1) is 11.8 Å². The fraction of sp³-hybridized carbons (Fsp3) is 0.800. The first-order valence-corrected chi connectivity index (χ1v) is 5.16. The van der Waals surface area contributed by atoms with Crippen molar-refractivity contribution in [3.8, 4) is 0 Å². The predicted molar refractivity (Wildman–Crippen MR) is 45.2 cm³/mol. The Morgan fingerprint density at radius 1 is 0.786 bits per heavy atom. The van der Waals surface area contributed by atoms with Crippen molar-refractivity contribution in [1.29, 1.82) is 0 Å². The highest BCUT2D eigenvalue weighted by atomic mass is 16.6. The van der Waals surface area contributed by atoms with E-state index in [1.807, 2.05) is 0 Å². The molecule has 0 spiro atoms. The molecule has 4 heteroatoms. The van der Waals surface area contributed by atoms with Gasteiger partial charge >= 0.3 is 11.9 Å². The SMILES string of the molecule is O=C1OC(C2CC2)C(=O)OC1C1CC1. The van der Waals surface area contributed by atoms with Crippen LogP contribution in [0.2, 0.25) is 0 Å². The van der Waals surface area contributed by atoms with Gasteiger partial charge in [-0.3, -0.25) is 0 Å². The first-order valence-electron chi connectivity index (χ1n) is 5.16. The zero-order valence-electron chi connectivity index (χ0n) is 7.77. The lowest BCUT2D eigenvalue weighted by molar-refractivity contribution is -0.198.